The molecule has 1 heterocycles. The van der Waals surface area contributed by atoms with E-state index in [2.05, 4.69) is 16.5 Å². The van der Waals surface area contributed by atoms with Gasteiger partial charge in [-0.15, -0.1) is 0 Å². The molecule has 2 rings (SSSR count). The zero-order valence-corrected chi connectivity index (χ0v) is 10.8. The second kappa shape index (κ2) is 5.67. The van der Waals surface area contributed by atoms with Crippen LogP contribution in [0.5, 0.6) is 0 Å². The van der Waals surface area contributed by atoms with Crippen molar-refractivity contribution in [2.75, 3.05) is 6.61 Å². The first-order valence-corrected chi connectivity index (χ1v) is 6.36. The van der Waals surface area contributed by atoms with E-state index < -0.39 is 0 Å². The molecule has 0 unspecified atom stereocenters. The van der Waals surface area contributed by atoms with Gasteiger partial charge in [0, 0.05) is 13.0 Å². The molecule has 18 heavy (non-hydrogen) atoms. The molecule has 0 radical (unpaired) electrons. The molecule has 1 aromatic heterocycles. The monoisotopic (exact) mass is 246 g/mol. The van der Waals surface area contributed by atoms with Crippen LogP contribution in [0.4, 0.5) is 0 Å². The molecule has 0 fully saturated rings. The number of nitrogens with zero attached hydrogens (tertiary/aromatic N) is 2. The summed E-state index contributed by atoms with van der Waals surface area (Å²) in [7, 11) is 0. The number of hydrogen-bond acceptors (Lipinski definition) is 3. The van der Waals surface area contributed by atoms with Gasteiger partial charge in [-0.1, -0.05) is 19.1 Å². The molecule has 0 bridgehead atoms. The average Bonchev–Trinajstić information content (AvgIpc) is 2.74. The Balaban J connectivity index is 2.23. The van der Waals surface area contributed by atoms with E-state index in [1.165, 1.54) is 0 Å². The number of hydrogen-bond donors (Lipinski definition) is 0. The van der Waals surface area contributed by atoms with E-state index in [9.17, 15) is 4.79 Å². The fraction of sp³-hybridized carbons (Fsp3) is 0.429. The molecule has 0 spiro atoms. The van der Waals surface area contributed by atoms with Gasteiger partial charge in [0.05, 0.1) is 24.1 Å². The van der Waals surface area contributed by atoms with Gasteiger partial charge in [-0.3, -0.25) is 4.79 Å². The summed E-state index contributed by atoms with van der Waals surface area (Å²) in [4.78, 5) is 16.0. The fourth-order valence-corrected chi connectivity index (χ4v) is 2.08. The van der Waals surface area contributed by atoms with Crippen molar-refractivity contribution in [2.45, 2.75) is 33.2 Å². The molecule has 0 aliphatic carbocycles. The number of fused-ring (bicyclic) bond motifs is 1. The van der Waals surface area contributed by atoms with Gasteiger partial charge >= 0.3 is 5.97 Å². The number of aromatic nitrogens is 2. The van der Waals surface area contributed by atoms with Crippen LogP contribution < -0.4 is 0 Å². The van der Waals surface area contributed by atoms with Crippen LogP contribution in [-0.2, 0) is 22.5 Å². The second-order valence-corrected chi connectivity index (χ2v) is 4.08. The summed E-state index contributed by atoms with van der Waals surface area (Å²) in [5.41, 5.74) is 2.07. The first-order valence-electron chi connectivity index (χ1n) is 6.36. The molecule has 2 aromatic rings. The minimum Gasteiger partial charge on any atom is -0.466 e. The topological polar surface area (TPSA) is 44.1 Å². The van der Waals surface area contributed by atoms with Crippen molar-refractivity contribution in [3.63, 3.8) is 0 Å². The summed E-state index contributed by atoms with van der Waals surface area (Å²) < 4.78 is 7.06. The highest BCUT2D eigenvalue weighted by molar-refractivity contribution is 5.76. The Morgan fingerprint density at radius 3 is 2.83 bits per heavy atom. The SMILES string of the molecule is CCOC(=O)CCn1c(CC)nc2ccccc21. The quantitative estimate of drug-likeness (QED) is 0.761. The van der Waals surface area contributed by atoms with Crippen LogP contribution in [0.2, 0.25) is 0 Å². The van der Waals surface area contributed by atoms with E-state index in [-0.39, 0.29) is 5.97 Å². The summed E-state index contributed by atoms with van der Waals surface area (Å²) >= 11 is 0. The van der Waals surface area contributed by atoms with E-state index in [1.807, 2.05) is 31.2 Å². The third kappa shape index (κ3) is 2.53. The van der Waals surface area contributed by atoms with Gasteiger partial charge < -0.3 is 9.30 Å². The number of esters is 1. The highest BCUT2D eigenvalue weighted by Crippen LogP contribution is 2.16. The third-order valence-corrected chi connectivity index (χ3v) is 2.89. The number of imidazole rings is 1. The Hall–Kier alpha value is -1.84. The molecule has 0 amide bonds. The van der Waals surface area contributed by atoms with Crippen LogP contribution >= 0.6 is 0 Å². The summed E-state index contributed by atoms with van der Waals surface area (Å²) in [5, 5.41) is 0. The summed E-state index contributed by atoms with van der Waals surface area (Å²) in [6.45, 7) is 4.96. The minimum atomic E-state index is -0.155. The Bertz CT molecular complexity index is 546. The molecular weight excluding hydrogens is 228 g/mol. The lowest BCUT2D eigenvalue weighted by Crippen LogP contribution is -2.10. The van der Waals surface area contributed by atoms with Crippen molar-refractivity contribution in [1.29, 1.82) is 0 Å². The largest absolute Gasteiger partial charge is 0.466 e. The number of ether oxygens (including phenoxy) is 1. The van der Waals surface area contributed by atoms with Crippen molar-refractivity contribution in [3.8, 4) is 0 Å². The zero-order chi connectivity index (χ0) is 13.0. The lowest BCUT2D eigenvalue weighted by Gasteiger charge is -2.07. The minimum absolute atomic E-state index is 0.155. The summed E-state index contributed by atoms with van der Waals surface area (Å²) in [6.07, 6.45) is 1.25. The van der Waals surface area contributed by atoms with Gasteiger partial charge in [-0.2, -0.15) is 0 Å². The van der Waals surface area contributed by atoms with Gasteiger partial charge in [-0.05, 0) is 19.1 Å². The number of carbonyl (C=O) groups is 1. The predicted octanol–water partition coefficient (Wildman–Crippen LogP) is 2.55. The van der Waals surface area contributed by atoms with Gasteiger partial charge in [0.15, 0.2) is 0 Å². The van der Waals surface area contributed by atoms with Gasteiger partial charge in [-0.25, -0.2) is 4.98 Å². The molecule has 4 heteroatoms. The number of para-hydroxylation sites is 2. The van der Waals surface area contributed by atoms with Crippen molar-refractivity contribution in [1.82, 2.24) is 9.55 Å². The normalized spacial score (nSPS) is 10.8. The Morgan fingerprint density at radius 1 is 1.33 bits per heavy atom. The molecule has 0 saturated carbocycles. The average molecular weight is 246 g/mol. The summed E-state index contributed by atoms with van der Waals surface area (Å²) in [5.74, 6) is 0.859. The predicted molar refractivity (Wildman–Crippen MR) is 70.4 cm³/mol. The standard InChI is InChI=1S/C14H18N2O2/c1-3-13-15-11-7-5-6-8-12(11)16(13)10-9-14(17)18-4-2/h5-8H,3-4,9-10H2,1-2H3. The highest BCUT2D eigenvalue weighted by atomic mass is 16.5. The molecule has 0 aliphatic rings. The van der Waals surface area contributed by atoms with Crippen LogP contribution in [0.15, 0.2) is 24.3 Å². The first kappa shape index (κ1) is 12.6. The van der Waals surface area contributed by atoms with Crippen molar-refractivity contribution < 1.29 is 9.53 Å². The number of carbonyl (C=O) groups excluding carboxylic acids is 1. The number of rotatable bonds is 5. The maximum Gasteiger partial charge on any atom is 0.307 e. The van der Waals surface area contributed by atoms with Crippen molar-refractivity contribution >= 4 is 17.0 Å². The fourth-order valence-electron chi connectivity index (χ4n) is 2.08. The Labute approximate surface area is 107 Å². The molecule has 0 saturated heterocycles. The van der Waals surface area contributed by atoms with E-state index in [0.717, 1.165) is 23.3 Å². The Morgan fingerprint density at radius 2 is 2.11 bits per heavy atom. The van der Waals surface area contributed by atoms with Crippen LogP contribution in [0.25, 0.3) is 11.0 Å². The maximum atomic E-state index is 11.4. The highest BCUT2D eigenvalue weighted by Gasteiger charge is 2.10. The maximum absolute atomic E-state index is 11.4. The van der Waals surface area contributed by atoms with E-state index in [4.69, 9.17) is 4.74 Å². The Kier molecular flexibility index (Phi) is 3.97. The summed E-state index contributed by atoms with van der Waals surface area (Å²) in [6, 6.07) is 8.00. The molecule has 96 valence electrons. The number of benzene rings is 1. The molecule has 0 N–H and O–H groups in total. The zero-order valence-electron chi connectivity index (χ0n) is 10.8. The lowest BCUT2D eigenvalue weighted by atomic mass is 10.3. The molecule has 1 aromatic carbocycles. The van der Waals surface area contributed by atoms with Gasteiger partial charge in [0.25, 0.3) is 0 Å². The third-order valence-electron chi connectivity index (χ3n) is 2.89. The van der Waals surface area contributed by atoms with E-state index in [0.29, 0.717) is 19.6 Å². The van der Waals surface area contributed by atoms with Crippen LogP contribution in [0.1, 0.15) is 26.1 Å². The van der Waals surface area contributed by atoms with Gasteiger partial charge in [0.1, 0.15) is 5.82 Å². The van der Waals surface area contributed by atoms with Crippen LogP contribution in [0, 0.1) is 0 Å². The first-order chi connectivity index (χ1) is 8.76. The van der Waals surface area contributed by atoms with Crippen molar-refractivity contribution in [2.24, 2.45) is 0 Å². The smallest absolute Gasteiger partial charge is 0.307 e. The molecule has 0 aliphatic heterocycles. The van der Waals surface area contributed by atoms with Crippen LogP contribution in [0.3, 0.4) is 0 Å². The van der Waals surface area contributed by atoms with E-state index in [1.54, 1.807) is 0 Å². The van der Waals surface area contributed by atoms with E-state index >= 15 is 0 Å². The molecular formula is C14H18N2O2. The molecule has 4 nitrogen and oxygen atoms in total. The van der Waals surface area contributed by atoms with Crippen LogP contribution in [-0.4, -0.2) is 22.1 Å². The molecule has 0 atom stereocenters. The second-order valence-electron chi connectivity index (χ2n) is 4.08. The van der Waals surface area contributed by atoms with Gasteiger partial charge in [0.2, 0.25) is 0 Å². The lowest BCUT2D eigenvalue weighted by molar-refractivity contribution is -0.143. The number of aryl methyl sites for hydroxylation is 2. The van der Waals surface area contributed by atoms with Crippen molar-refractivity contribution in [3.05, 3.63) is 30.1 Å².